The van der Waals surface area contributed by atoms with Gasteiger partial charge >= 0.3 is 0 Å². The van der Waals surface area contributed by atoms with E-state index in [0.29, 0.717) is 0 Å². The van der Waals surface area contributed by atoms with Crippen LogP contribution in [0.4, 0.5) is 0 Å². The normalized spacial score (nSPS) is 22.0. The van der Waals surface area contributed by atoms with E-state index in [1.165, 1.54) is 0 Å². The molecule has 104 valence electrons. The molecule has 1 N–H and O–H groups in total. The highest BCUT2D eigenvalue weighted by atomic mass is 16.5. The van der Waals surface area contributed by atoms with E-state index in [1.807, 2.05) is 18.2 Å². The second-order valence-corrected chi connectivity index (χ2v) is 5.33. The summed E-state index contributed by atoms with van der Waals surface area (Å²) in [6, 6.07) is 5.71. The number of benzene rings is 1. The summed E-state index contributed by atoms with van der Waals surface area (Å²) in [4.78, 5) is 0. The van der Waals surface area contributed by atoms with Crippen molar-refractivity contribution in [2.75, 3.05) is 20.3 Å². The van der Waals surface area contributed by atoms with Crippen LogP contribution in [0.1, 0.15) is 31.2 Å². The number of hydrogen-bond donors (Lipinski definition) is 1. The van der Waals surface area contributed by atoms with Gasteiger partial charge in [-0.3, -0.25) is 0 Å². The zero-order chi connectivity index (χ0) is 13.3. The van der Waals surface area contributed by atoms with Crippen LogP contribution in [-0.4, -0.2) is 31.5 Å². The molecule has 1 heterocycles. The molecule has 1 aromatic rings. The fourth-order valence-corrected chi connectivity index (χ4v) is 2.44. The average molecular weight is 264 g/mol. The first kappa shape index (κ1) is 12.8. The van der Waals surface area contributed by atoms with Crippen molar-refractivity contribution in [3.8, 4) is 11.5 Å². The third kappa shape index (κ3) is 2.69. The molecule has 1 saturated carbocycles. The van der Waals surface area contributed by atoms with Crippen molar-refractivity contribution in [1.29, 1.82) is 0 Å². The molecule has 4 nitrogen and oxygen atoms in total. The molecule has 2 aliphatic rings. The van der Waals surface area contributed by atoms with Gasteiger partial charge in [-0.15, -0.1) is 0 Å². The van der Waals surface area contributed by atoms with Gasteiger partial charge in [0.25, 0.3) is 0 Å². The van der Waals surface area contributed by atoms with E-state index in [2.05, 4.69) is 0 Å². The largest absolute Gasteiger partial charge is 0.493 e. The van der Waals surface area contributed by atoms with E-state index in [4.69, 9.17) is 14.2 Å². The Balaban J connectivity index is 1.80. The van der Waals surface area contributed by atoms with Gasteiger partial charge in [0.1, 0.15) is 6.10 Å². The van der Waals surface area contributed by atoms with E-state index in [1.54, 1.807) is 7.11 Å². The zero-order valence-electron chi connectivity index (χ0n) is 11.2. The second kappa shape index (κ2) is 5.02. The first-order valence-electron chi connectivity index (χ1n) is 6.86. The standard InChI is InChI=1S/C15H20O4/c1-17-13-3-2-11(15(16)6-7-15)10-14(13)19-12-4-8-18-9-5-12/h2-3,10,12,16H,4-9H2,1H3. The van der Waals surface area contributed by atoms with Crippen LogP contribution >= 0.6 is 0 Å². The summed E-state index contributed by atoms with van der Waals surface area (Å²) in [6.45, 7) is 1.49. The van der Waals surface area contributed by atoms with Crippen LogP contribution in [0.3, 0.4) is 0 Å². The molecule has 1 aliphatic carbocycles. The summed E-state index contributed by atoms with van der Waals surface area (Å²) in [5, 5.41) is 10.2. The molecular formula is C15H20O4. The van der Waals surface area contributed by atoms with Gasteiger partial charge in [0.2, 0.25) is 0 Å². The van der Waals surface area contributed by atoms with Gasteiger partial charge in [-0.1, -0.05) is 6.07 Å². The Kier molecular flexibility index (Phi) is 3.37. The Bertz CT molecular complexity index is 447. The monoisotopic (exact) mass is 264 g/mol. The van der Waals surface area contributed by atoms with Crippen LogP contribution in [0, 0.1) is 0 Å². The van der Waals surface area contributed by atoms with Gasteiger partial charge in [-0.2, -0.15) is 0 Å². The number of ether oxygens (including phenoxy) is 3. The van der Waals surface area contributed by atoms with Crippen molar-refractivity contribution in [3.05, 3.63) is 23.8 Å². The lowest BCUT2D eigenvalue weighted by Gasteiger charge is -2.24. The molecule has 1 aliphatic heterocycles. The second-order valence-electron chi connectivity index (χ2n) is 5.33. The molecule has 0 aromatic heterocycles. The van der Waals surface area contributed by atoms with Crippen LogP contribution < -0.4 is 9.47 Å². The number of rotatable bonds is 4. The van der Waals surface area contributed by atoms with Gasteiger partial charge in [0.15, 0.2) is 11.5 Å². The first-order valence-corrected chi connectivity index (χ1v) is 6.86. The lowest BCUT2D eigenvalue weighted by molar-refractivity contribution is 0.0243. The van der Waals surface area contributed by atoms with Crippen molar-refractivity contribution < 1.29 is 19.3 Å². The molecule has 1 aromatic carbocycles. The van der Waals surface area contributed by atoms with Crippen molar-refractivity contribution in [3.63, 3.8) is 0 Å². The zero-order valence-corrected chi connectivity index (χ0v) is 11.2. The van der Waals surface area contributed by atoms with Crippen molar-refractivity contribution in [2.24, 2.45) is 0 Å². The maximum atomic E-state index is 10.2. The Labute approximate surface area is 113 Å². The maximum absolute atomic E-state index is 10.2. The highest BCUT2D eigenvalue weighted by Gasteiger charge is 2.42. The highest BCUT2D eigenvalue weighted by Crippen LogP contribution is 2.47. The molecule has 0 spiro atoms. The summed E-state index contributed by atoms with van der Waals surface area (Å²) in [5.74, 6) is 1.45. The highest BCUT2D eigenvalue weighted by molar-refractivity contribution is 5.46. The maximum Gasteiger partial charge on any atom is 0.161 e. The minimum atomic E-state index is -0.639. The van der Waals surface area contributed by atoms with Gasteiger partial charge in [0.05, 0.1) is 25.9 Å². The van der Waals surface area contributed by atoms with Crippen molar-refractivity contribution >= 4 is 0 Å². The first-order chi connectivity index (χ1) is 9.21. The van der Waals surface area contributed by atoms with Crippen LogP contribution in [0.2, 0.25) is 0 Å². The topological polar surface area (TPSA) is 47.9 Å². The van der Waals surface area contributed by atoms with Crippen LogP contribution in [0.5, 0.6) is 11.5 Å². The van der Waals surface area contributed by atoms with E-state index in [-0.39, 0.29) is 6.10 Å². The van der Waals surface area contributed by atoms with Crippen LogP contribution in [0.15, 0.2) is 18.2 Å². The van der Waals surface area contributed by atoms with Crippen LogP contribution in [-0.2, 0) is 10.3 Å². The number of methoxy groups -OCH3 is 1. The fourth-order valence-electron chi connectivity index (χ4n) is 2.44. The number of hydrogen-bond acceptors (Lipinski definition) is 4. The molecule has 0 radical (unpaired) electrons. The summed E-state index contributed by atoms with van der Waals surface area (Å²) in [7, 11) is 1.64. The third-order valence-corrected chi connectivity index (χ3v) is 3.89. The fraction of sp³-hybridized carbons (Fsp3) is 0.600. The summed E-state index contributed by atoms with van der Waals surface area (Å²) in [5.41, 5.74) is 0.287. The van der Waals surface area contributed by atoms with Gasteiger partial charge in [-0.25, -0.2) is 0 Å². The summed E-state index contributed by atoms with van der Waals surface area (Å²) in [6.07, 6.45) is 3.63. The molecule has 19 heavy (non-hydrogen) atoms. The van der Waals surface area contributed by atoms with Gasteiger partial charge < -0.3 is 19.3 Å². The number of aliphatic hydroxyl groups is 1. The van der Waals surface area contributed by atoms with Crippen molar-refractivity contribution in [1.82, 2.24) is 0 Å². The van der Waals surface area contributed by atoms with Gasteiger partial charge in [0, 0.05) is 12.8 Å². The van der Waals surface area contributed by atoms with Crippen molar-refractivity contribution in [2.45, 2.75) is 37.4 Å². The van der Waals surface area contributed by atoms with Crippen LogP contribution in [0.25, 0.3) is 0 Å². The molecule has 0 amide bonds. The molecule has 0 unspecified atom stereocenters. The molecule has 3 rings (SSSR count). The Morgan fingerprint density at radius 3 is 2.58 bits per heavy atom. The molecular weight excluding hydrogens is 244 g/mol. The van der Waals surface area contributed by atoms with E-state index < -0.39 is 5.60 Å². The molecule has 4 heteroatoms. The quantitative estimate of drug-likeness (QED) is 0.906. The molecule has 0 bridgehead atoms. The Hall–Kier alpha value is -1.26. The molecule has 2 fully saturated rings. The smallest absolute Gasteiger partial charge is 0.161 e. The minimum Gasteiger partial charge on any atom is -0.493 e. The Morgan fingerprint density at radius 2 is 1.95 bits per heavy atom. The van der Waals surface area contributed by atoms with Gasteiger partial charge in [-0.05, 0) is 30.5 Å². The molecule has 1 saturated heterocycles. The SMILES string of the molecule is COc1ccc(C2(O)CC2)cc1OC1CCOCC1. The van der Waals surface area contributed by atoms with E-state index in [0.717, 1.165) is 56.0 Å². The van der Waals surface area contributed by atoms with E-state index >= 15 is 0 Å². The Morgan fingerprint density at radius 1 is 1.21 bits per heavy atom. The lowest BCUT2D eigenvalue weighted by atomic mass is 10.1. The predicted molar refractivity (Wildman–Crippen MR) is 70.6 cm³/mol. The van der Waals surface area contributed by atoms with E-state index in [9.17, 15) is 5.11 Å². The summed E-state index contributed by atoms with van der Waals surface area (Å²) >= 11 is 0. The summed E-state index contributed by atoms with van der Waals surface area (Å²) < 4.78 is 16.7. The molecule has 0 atom stereocenters. The predicted octanol–water partition coefficient (Wildman–Crippen LogP) is 2.23. The minimum absolute atomic E-state index is 0.173. The lowest BCUT2D eigenvalue weighted by Crippen LogP contribution is -2.26. The third-order valence-electron chi connectivity index (χ3n) is 3.89. The average Bonchev–Trinajstić information content (AvgIpc) is 3.19.